The molecule has 2 unspecified atom stereocenters. The minimum Gasteiger partial charge on any atom is -0.481 e. The van der Waals surface area contributed by atoms with Crippen LogP contribution in [0.2, 0.25) is 0 Å². The number of hydrogen-bond donors (Lipinski definition) is 4. The number of unbranched alkanes of at least 4 members (excludes halogenated alkanes) is 2. The Kier molecular flexibility index (Phi) is 11.4. The smallest absolute Gasteiger partial charge is 0.306 e. The number of nitrogens with one attached hydrogen (secondary N) is 3. The summed E-state index contributed by atoms with van der Waals surface area (Å²) in [6.07, 6.45) is 6.16. The minimum atomic E-state index is -0.770. The number of benzene rings is 1. The topological polar surface area (TPSA) is 162 Å². The van der Waals surface area contributed by atoms with Gasteiger partial charge in [-0.25, -0.2) is 0 Å². The molecule has 11 nitrogen and oxygen atoms in total. The molecule has 1 aliphatic carbocycles. The Morgan fingerprint density at radius 1 is 1.00 bits per heavy atom. The van der Waals surface area contributed by atoms with E-state index in [1.54, 1.807) is 12.1 Å². The first-order valence-electron chi connectivity index (χ1n) is 14.9. The number of carbonyl (C=O) groups is 6. The van der Waals surface area contributed by atoms with E-state index in [1.165, 1.54) is 16.7 Å². The van der Waals surface area contributed by atoms with Crippen molar-refractivity contribution in [2.75, 3.05) is 17.6 Å². The lowest BCUT2D eigenvalue weighted by Crippen LogP contribution is -2.50. The van der Waals surface area contributed by atoms with E-state index in [-0.39, 0.29) is 54.2 Å². The maximum atomic E-state index is 13.0. The van der Waals surface area contributed by atoms with E-state index in [9.17, 15) is 33.9 Å². The predicted octanol–water partition coefficient (Wildman–Crippen LogP) is 2.70. The number of para-hydroxylation sites is 1. The lowest BCUT2D eigenvalue weighted by atomic mass is 9.82. The van der Waals surface area contributed by atoms with Gasteiger partial charge in [-0.2, -0.15) is 0 Å². The van der Waals surface area contributed by atoms with Crippen molar-refractivity contribution in [3.8, 4) is 0 Å². The van der Waals surface area contributed by atoms with Crippen molar-refractivity contribution in [1.29, 1.82) is 0 Å². The summed E-state index contributed by atoms with van der Waals surface area (Å²) in [5, 5.41) is 17.1. The number of anilines is 1. The van der Waals surface area contributed by atoms with Gasteiger partial charge in [0.1, 0.15) is 12.1 Å². The van der Waals surface area contributed by atoms with Gasteiger partial charge in [-0.3, -0.25) is 33.7 Å². The van der Waals surface area contributed by atoms with Crippen LogP contribution < -0.4 is 16.0 Å². The molecule has 5 amide bonds. The van der Waals surface area contributed by atoms with Gasteiger partial charge < -0.3 is 21.1 Å². The van der Waals surface area contributed by atoms with Crippen LogP contribution in [-0.4, -0.2) is 75.1 Å². The zero-order valence-electron chi connectivity index (χ0n) is 23.7. The van der Waals surface area contributed by atoms with E-state index in [4.69, 9.17) is 0 Å². The minimum absolute atomic E-state index is 0.148. The second-order valence-corrected chi connectivity index (χ2v) is 12.7. The summed E-state index contributed by atoms with van der Waals surface area (Å²) in [6, 6.07) is 7.61. The maximum Gasteiger partial charge on any atom is 0.306 e. The molecule has 4 N–H and O–H groups in total. The number of amides is 5. The highest BCUT2D eigenvalue weighted by Gasteiger charge is 2.40. The fourth-order valence-corrected chi connectivity index (χ4v) is 6.97. The molecule has 1 aromatic rings. The molecule has 0 radical (unpaired) electrons. The number of carboxylic acids is 1. The third-order valence-electron chi connectivity index (χ3n) is 8.28. The van der Waals surface area contributed by atoms with Crippen LogP contribution in [0.5, 0.6) is 0 Å². The molecule has 3 aliphatic rings. The molecule has 0 spiro atoms. The summed E-state index contributed by atoms with van der Waals surface area (Å²) in [4.78, 5) is 75.2. The van der Waals surface area contributed by atoms with Crippen LogP contribution in [0.1, 0.15) is 70.6 Å². The average molecular weight is 601 g/mol. The van der Waals surface area contributed by atoms with Crippen LogP contribution in [0.25, 0.3) is 0 Å². The number of imide groups is 1. The molecule has 2 heterocycles. The van der Waals surface area contributed by atoms with Crippen LogP contribution in [0.15, 0.2) is 30.3 Å². The number of carbonyl (C=O) groups excluding carboxylic acids is 5. The molecule has 0 bridgehead atoms. The molecule has 1 aromatic carbocycles. The Balaban J connectivity index is 1.18. The first kappa shape index (κ1) is 31.5. The van der Waals surface area contributed by atoms with E-state index < -0.39 is 23.3 Å². The van der Waals surface area contributed by atoms with Gasteiger partial charge in [-0.1, -0.05) is 31.0 Å². The van der Waals surface area contributed by atoms with Crippen molar-refractivity contribution in [3.63, 3.8) is 0 Å². The van der Waals surface area contributed by atoms with Gasteiger partial charge >= 0.3 is 5.97 Å². The first-order chi connectivity index (χ1) is 20.2. The molecular weight excluding hydrogens is 560 g/mol. The van der Waals surface area contributed by atoms with Gasteiger partial charge in [-0.15, -0.1) is 11.8 Å². The van der Waals surface area contributed by atoms with Crippen LogP contribution in [0.4, 0.5) is 5.69 Å². The van der Waals surface area contributed by atoms with Crippen LogP contribution >= 0.6 is 11.8 Å². The summed E-state index contributed by atoms with van der Waals surface area (Å²) in [6.45, 7) is 0.379. The van der Waals surface area contributed by atoms with E-state index >= 15 is 0 Å². The van der Waals surface area contributed by atoms with Gasteiger partial charge in [0, 0.05) is 25.1 Å². The van der Waals surface area contributed by atoms with Gasteiger partial charge in [0.25, 0.3) is 0 Å². The van der Waals surface area contributed by atoms with Gasteiger partial charge in [0.2, 0.25) is 29.5 Å². The second kappa shape index (κ2) is 15.2. The van der Waals surface area contributed by atoms with Crippen molar-refractivity contribution in [1.82, 2.24) is 15.5 Å². The fraction of sp³-hybridized carbons (Fsp3) is 0.600. The highest BCUT2D eigenvalue weighted by Crippen LogP contribution is 2.32. The van der Waals surface area contributed by atoms with E-state index in [0.29, 0.717) is 62.9 Å². The summed E-state index contributed by atoms with van der Waals surface area (Å²) in [5.41, 5.74) is 0.630. The number of carboxylic acid groups (broad SMARTS) is 1. The number of rotatable bonds is 14. The Bertz CT molecular complexity index is 1160. The summed E-state index contributed by atoms with van der Waals surface area (Å²) < 4.78 is 0. The van der Waals surface area contributed by atoms with E-state index in [1.807, 2.05) is 18.2 Å². The van der Waals surface area contributed by atoms with E-state index in [0.717, 1.165) is 12.8 Å². The maximum absolute atomic E-state index is 13.0. The van der Waals surface area contributed by atoms with Gasteiger partial charge in [0.05, 0.1) is 11.2 Å². The lowest BCUT2D eigenvalue weighted by molar-refractivity contribution is -0.144. The largest absolute Gasteiger partial charge is 0.481 e. The lowest BCUT2D eigenvalue weighted by Gasteiger charge is -2.28. The zero-order chi connectivity index (χ0) is 30.1. The quantitative estimate of drug-likeness (QED) is 0.187. The number of likely N-dealkylation sites (tertiary alicyclic amines) is 1. The highest BCUT2D eigenvalue weighted by atomic mass is 32.2. The number of hydrogen-bond acceptors (Lipinski definition) is 7. The number of nitrogens with zero attached hydrogens (tertiary/aromatic N) is 1. The Morgan fingerprint density at radius 3 is 2.40 bits per heavy atom. The van der Waals surface area contributed by atoms with Gasteiger partial charge in [-0.05, 0) is 68.7 Å². The average Bonchev–Trinajstić information content (AvgIpc) is 3.53. The summed E-state index contributed by atoms with van der Waals surface area (Å²) in [5.74, 6) is -1.40. The summed E-state index contributed by atoms with van der Waals surface area (Å²) in [7, 11) is 0. The van der Waals surface area contributed by atoms with Crippen LogP contribution in [-0.2, 0) is 28.8 Å². The first-order valence-corrected chi connectivity index (χ1v) is 15.9. The van der Waals surface area contributed by atoms with Crippen molar-refractivity contribution < 1.29 is 33.9 Å². The monoisotopic (exact) mass is 600 g/mol. The Morgan fingerprint density at radius 2 is 1.74 bits per heavy atom. The fourth-order valence-electron chi connectivity index (χ4n) is 5.78. The second-order valence-electron chi connectivity index (χ2n) is 11.4. The van der Waals surface area contributed by atoms with Crippen LogP contribution in [0, 0.1) is 11.8 Å². The Labute approximate surface area is 249 Å². The number of aliphatic carboxylic acids is 1. The van der Waals surface area contributed by atoms with E-state index in [2.05, 4.69) is 16.0 Å². The third kappa shape index (κ3) is 8.80. The van der Waals surface area contributed by atoms with Crippen molar-refractivity contribution in [3.05, 3.63) is 30.3 Å². The molecule has 3 atom stereocenters. The molecule has 2 aliphatic heterocycles. The molecule has 0 aromatic heterocycles. The highest BCUT2D eigenvalue weighted by molar-refractivity contribution is 8.00. The van der Waals surface area contributed by atoms with Gasteiger partial charge in [0.15, 0.2) is 0 Å². The van der Waals surface area contributed by atoms with Crippen molar-refractivity contribution in [2.24, 2.45) is 11.8 Å². The standard InChI is InChI=1S/C30H40N4O7S/c35-25-15-14-23(32-25)28(38)33-22(27(37)31-21-7-3-1-4-8-21)9-5-2-6-16-42-24-17-26(36)34(29(24)39)18-19-10-12-20(13-11-19)30(40)41/h1,3-4,7-8,19-20,22-24H,2,5-6,9-18H2,(H,31,37)(H,32,35)(H,33,38)(H,40,41)/t19?,20?,22-,23?,24?/m0/s1. The zero-order valence-corrected chi connectivity index (χ0v) is 24.5. The number of thioether (sulfide) groups is 1. The molecule has 12 heteroatoms. The van der Waals surface area contributed by atoms with Crippen molar-refractivity contribution in [2.45, 2.75) is 88.0 Å². The normalized spacial score (nSPS) is 24.8. The van der Waals surface area contributed by atoms with Crippen LogP contribution in [0.3, 0.4) is 0 Å². The molecule has 1 saturated carbocycles. The molecule has 4 rings (SSSR count). The molecular formula is C30H40N4O7S. The predicted molar refractivity (Wildman–Crippen MR) is 157 cm³/mol. The third-order valence-corrected chi connectivity index (χ3v) is 9.58. The van der Waals surface area contributed by atoms with Crippen molar-refractivity contribution >= 4 is 53.0 Å². The molecule has 42 heavy (non-hydrogen) atoms. The molecule has 2 saturated heterocycles. The Hall–Kier alpha value is -3.41. The SMILES string of the molecule is O=C1CCC(C(=O)N[C@@H](CCCCCSC2CC(=O)N(CC3CCC(C(=O)O)CC3)C2=O)C(=O)Nc2ccccc2)N1. The molecule has 3 fully saturated rings. The summed E-state index contributed by atoms with van der Waals surface area (Å²) >= 11 is 1.48. The molecule has 228 valence electrons.